The van der Waals surface area contributed by atoms with Gasteiger partial charge in [-0.05, 0) is 37.0 Å². The summed E-state index contributed by atoms with van der Waals surface area (Å²) in [4.78, 5) is 22.9. The standard InChI is InChI=1S/C16H22N2O3/c17-16(9-2-1-3-10-16)15(21)18-11-8-12-4-6-13(7-5-12)14(19)20/h4-7H,1-3,8-11,17H2,(H,18,21)(H,19,20). The summed E-state index contributed by atoms with van der Waals surface area (Å²) < 4.78 is 0. The highest BCUT2D eigenvalue weighted by molar-refractivity contribution is 5.87. The number of hydrogen-bond acceptors (Lipinski definition) is 3. The van der Waals surface area contributed by atoms with Gasteiger partial charge in [-0.1, -0.05) is 31.4 Å². The third kappa shape index (κ3) is 4.04. The third-order valence-electron chi connectivity index (χ3n) is 4.10. The molecule has 0 aliphatic heterocycles. The number of amides is 1. The number of carbonyl (C=O) groups is 2. The van der Waals surface area contributed by atoms with Gasteiger partial charge in [0.25, 0.3) is 0 Å². The Balaban J connectivity index is 1.80. The van der Waals surface area contributed by atoms with Crippen LogP contribution in [0.1, 0.15) is 48.0 Å². The van der Waals surface area contributed by atoms with Crippen molar-refractivity contribution in [3.63, 3.8) is 0 Å². The van der Waals surface area contributed by atoms with E-state index >= 15 is 0 Å². The highest BCUT2D eigenvalue weighted by Gasteiger charge is 2.34. The molecule has 1 aromatic carbocycles. The highest BCUT2D eigenvalue weighted by atomic mass is 16.4. The van der Waals surface area contributed by atoms with Crippen LogP contribution in [0.5, 0.6) is 0 Å². The van der Waals surface area contributed by atoms with Gasteiger partial charge in [0, 0.05) is 6.54 Å². The summed E-state index contributed by atoms with van der Waals surface area (Å²) >= 11 is 0. The second kappa shape index (κ2) is 6.72. The van der Waals surface area contributed by atoms with Gasteiger partial charge in [-0.15, -0.1) is 0 Å². The predicted molar refractivity (Wildman–Crippen MR) is 80.1 cm³/mol. The molecule has 4 N–H and O–H groups in total. The van der Waals surface area contributed by atoms with Gasteiger partial charge >= 0.3 is 5.97 Å². The van der Waals surface area contributed by atoms with Crippen molar-refractivity contribution in [1.29, 1.82) is 0 Å². The summed E-state index contributed by atoms with van der Waals surface area (Å²) in [6.45, 7) is 0.518. The molecular formula is C16H22N2O3. The minimum atomic E-state index is -0.933. The van der Waals surface area contributed by atoms with E-state index in [4.69, 9.17) is 10.8 Å². The fourth-order valence-electron chi connectivity index (χ4n) is 2.72. The molecule has 0 unspecified atom stereocenters. The van der Waals surface area contributed by atoms with Crippen molar-refractivity contribution in [2.24, 2.45) is 5.73 Å². The second-order valence-electron chi connectivity index (χ2n) is 5.72. The van der Waals surface area contributed by atoms with Gasteiger partial charge in [-0.2, -0.15) is 0 Å². The fraction of sp³-hybridized carbons (Fsp3) is 0.500. The van der Waals surface area contributed by atoms with Crippen molar-refractivity contribution < 1.29 is 14.7 Å². The van der Waals surface area contributed by atoms with Gasteiger partial charge in [0.2, 0.25) is 5.91 Å². The monoisotopic (exact) mass is 290 g/mol. The lowest BCUT2D eigenvalue weighted by atomic mass is 9.82. The van der Waals surface area contributed by atoms with Crippen LogP contribution in [0.3, 0.4) is 0 Å². The van der Waals surface area contributed by atoms with Crippen molar-refractivity contribution in [2.45, 2.75) is 44.1 Å². The quantitative estimate of drug-likeness (QED) is 0.769. The number of carboxylic acid groups (broad SMARTS) is 1. The number of nitrogens with one attached hydrogen (secondary N) is 1. The zero-order valence-electron chi connectivity index (χ0n) is 12.1. The van der Waals surface area contributed by atoms with Gasteiger partial charge in [-0.25, -0.2) is 4.79 Å². The van der Waals surface area contributed by atoms with Crippen LogP contribution in [-0.4, -0.2) is 29.1 Å². The van der Waals surface area contributed by atoms with Crippen LogP contribution in [0, 0.1) is 0 Å². The first kappa shape index (κ1) is 15.5. The van der Waals surface area contributed by atoms with Crippen molar-refractivity contribution in [3.8, 4) is 0 Å². The minimum absolute atomic E-state index is 0.0654. The van der Waals surface area contributed by atoms with E-state index in [1.165, 1.54) is 0 Å². The maximum atomic E-state index is 12.1. The van der Waals surface area contributed by atoms with Crippen LogP contribution in [0.15, 0.2) is 24.3 Å². The normalized spacial score (nSPS) is 17.2. The first-order chi connectivity index (χ1) is 10.0. The lowest BCUT2D eigenvalue weighted by molar-refractivity contribution is -0.127. The number of carbonyl (C=O) groups excluding carboxylic acids is 1. The summed E-state index contributed by atoms with van der Waals surface area (Å²) in [7, 11) is 0. The average Bonchev–Trinajstić information content (AvgIpc) is 2.48. The van der Waals surface area contributed by atoms with E-state index in [-0.39, 0.29) is 11.5 Å². The summed E-state index contributed by atoms with van der Waals surface area (Å²) in [5, 5.41) is 11.7. The molecule has 21 heavy (non-hydrogen) atoms. The van der Waals surface area contributed by atoms with Crippen molar-refractivity contribution >= 4 is 11.9 Å². The zero-order chi connectivity index (χ0) is 15.3. The Bertz CT molecular complexity index is 505. The van der Waals surface area contributed by atoms with E-state index in [1.54, 1.807) is 24.3 Å². The number of benzene rings is 1. The van der Waals surface area contributed by atoms with E-state index in [0.717, 1.165) is 37.7 Å². The Morgan fingerprint density at radius 3 is 2.33 bits per heavy atom. The van der Waals surface area contributed by atoms with Gasteiger partial charge in [0.05, 0.1) is 11.1 Å². The predicted octanol–water partition coefficient (Wildman–Crippen LogP) is 1.71. The van der Waals surface area contributed by atoms with Crippen molar-refractivity contribution in [1.82, 2.24) is 5.32 Å². The molecule has 0 radical (unpaired) electrons. The zero-order valence-corrected chi connectivity index (χ0v) is 12.1. The molecule has 1 aliphatic carbocycles. The molecule has 1 saturated carbocycles. The molecule has 1 amide bonds. The second-order valence-corrected chi connectivity index (χ2v) is 5.72. The molecule has 0 aromatic heterocycles. The van der Waals surface area contributed by atoms with Crippen LogP contribution in [0.4, 0.5) is 0 Å². The lowest BCUT2D eigenvalue weighted by Crippen LogP contribution is -2.55. The average molecular weight is 290 g/mol. The first-order valence-electron chi connectivity index (χ1n) is 7.41. The van der Waals surface area contributed by atoms with Crippen LogP contribution in [-0.2, 0) is 11.2 Å². The van der Waals surface area contributed by atoms with Gasteiger partial charge in [0.1, 0.15) is 0 Å². The summed E-state index contributed by atoms with van der Waals surface area (Å²) in [5.74, 6) is -0.999. The molecular weight excluding hydrogens is 268 g/mol. The Hall–Kier alpha value is -1.88. The summed E-state index contributed by atoms with van der Waals surface area (Å²) in [5.41, 5.74) is 6.72. The van der Waals surface area contributed by atoms with E-state index < -0.39 is 11.5 Å². The third-order valence-corrected chi connectivity index (χ3v) is 4.10. The highest BCUT2D eigenvalue weighted by Crippen LogP contribution is 2.25. The lowest BCUT2D eigenvalue weighted by Gasteiger charge is -2.31. The minimum Gasteiger partial charge on any atom is -0.478 e. The summed E-state index contributed by atoms with van der Waals surface area (Å²) in [6.07, 6.45) is 5.36. The molecule has 1 aromatic rings. The Morgan fingerprint density at radius 1 is 1.14 bits per heavy atom. The Labute approximate surface area is 124 Å². The Kier molecular flexibility index (Phi) is 4.96. The SMILES string of the molecule is NC1(C(=O)NCCc2ccc(C(=O)O)cc2)CCCCC1. The molecule has 0 atom stereocenters. The largest absolute Gasteiger partial charge is 0.478 e. The molecule has 0 saturated heterocycles. The summed E-state index contributed by atoms with van der Waals surface area (Å²) in [6, 6.07) is 6.69. The van der Waals surface area contributed by atoms with Crippen molar-refractivity contribution in [2.75, 3.05) is 6.54 Å². The molecule has 1 fully saturated rings. The molecule has 5 heteroatoms. The smallest absolute Gasteiger partial charge is 0.335 e. The topological polar surface area (TPSA) is 92.4 Å². The van der Waals surface area contributed by atoms with Crippen LogP contribution in [0.25, 0.3) is 0 Å². The van der Waals surface area contributed by atoms with Gasteiger partial charge in [0.15, 0.2) is 0 Å². The molecule has 0 heterocycles. The maximum absolute atomic E-state index is 12.1. The molecule has 1 aliphatic rings. The fourth-order valence-corrected chi connectivity index (χ4v) is 2.72. The maximum Gasteiger partial charge on any atom is 0.335 e. The Morgan fingerprint density at radius 2 is 1.76 bits per heavy atom. The number of carboxylic acids is 1. The molecule has 2 rings (SSSR count). The van der Waals surface area contributed by atoms with E-state index in [2.05, 4.69) is 5.32 Å². The molecule has 0 spiro atoms. The van der Waals surface area contributed by atoms with Crippen LogP contribution in [0.2, 0.25) is 0 Å². The van der Waals surface area contributed by atoms with Gasteiger partial charge in [-0.3, -0.25) is 4.79 Å². The van der Waals surface area contributed by atoms with E-state index in [1.807, 2.05) is 0 Å². The van der Waals surface area contributed by atoms with Gasteiger partial charge < -0.3 is 16.2 Å². The van der Waals surface area contributed by atoms with Crippen LogP contribution >= 0.6 is 0 Å². The van der Waals surface area contributed by atoms with E-state index in [0.29, 0.717) is 13.0 Å². The number of rotatable bonds is 5. The molecule has 0 bridgehead atoms. The molecule has 5 nitrogen and oxygen atoms in total. The van der Waals surface area contributed by atoms with E-state index in [9.17, 15) is 9.59 Å². The van der Waals surface area contributed by atoms with Crippen molar-refractivity contribution in [3.05, 3.63) is 35.4 Å². The molecule has 114 valence electrons. The number of hydrogen-bond donors (Lipinski definition) is 3. The number of aromatic carboxylic acids is 1. The number of nitrogens with two attached hydrogens (primary N) is 1. The first-order valence-corrected chi connectivity index (χ1v) is 7.41. The van der Waals surface area contributed by atoms with Crippen LogP contribution < -0.4 is 11.1 Å².